The van der Waals surface area contributed by atoms with Gasteiger partial charge in [-0.15, -0.1) is 0 Å². The van der Waals surface area contributed by atoms with Gasteiger partial charge in [-0.1, -0.05) is 31.4 Å². The maximum atomic E-state index is 12.3. The van der Waals surface area contributed by atoms with E-state index in [2.05, 4.69) is 22.8 Å². The largest absolute Gasteiger partial charge is 0.478 e. The van der Waals surface area contributed by atoms with E-state index < -0.39 is 11.9 Å². The first kappa shape index (κ1) is 22.3. The Balaban J connectivity index is 1.85. The predicted molar refractivity (Wildman–Crippen MR) is 134 cm³/mol. The zero-order valence-electron chi connectivity index (χ0n) is 19.9. The molecule has 2 aliphatic rings. The number of aliphatic carboxylic acids is 1. The van der Waals surface area contributed by atoms with Gasteiger partial charge in [-0.2, -0.15) is 0 Å². The second-order valence-corrected chi connectivity index (χ2v) is 9.55. The molecule has 0 bridgehead atoms. The molecule has 1 aliphatic heterocycles. The highest BCUT2D eigenvalue weighted by Gasteiger charge is 2.30. The van der Waals surface area contributed by atoms with Crippen LogP contribution in [0.4, 0.5) is 5.69 Å². The van der Waals surface area contributed by atoms with Gasteiger partial charge in [0.05, 0.1) is 30.5 Å². The third kappa shape index (κ3) is 3.67. The van der Waals surface area contributed by atoms with Gasteiger partial charge in [-0.05, 0) is 60.2 Å². The SMILES string of the molecule is COC(=O)c1ccc2c(C3CCCCC3)c3n(c2c1)CC(C(=O)O)=Cc1cc(N(C)C)ccc1-3. The van der Waals surface area contributed by atoms with Crippen molar-refractivity contribution in [2.24, 2.45) is 0 Å². The number of carboxylic acids is 1. The zero-order chi connectivity index (χ0) is 24.0. The Morgan fingerprint density at radius 3 is 2.50 bits per heavy atom. The number of fused-ring (bicyclic) bond motifs is 5. The molecule has 1 fully saturated rings. The number of esters is 1. The van der Waals surface area contributed by atoms with Gasteiger partial charge in [-0.25, -0.2) is 9.59 Å². The molecule has 1 aromatic heterocycles. The molecule has 34 heavy (non-hydrogen) atoms. The lowest BCUT2D eigenvalue weighted by molar-refractivity contribution is -0.132. The second-order valence-electron chi connectivity index (χ2n) is 9.55. The lowest BCUT2D eigenvalue weighted by Crippen LogP contribution is -2.10. The third-order valence-corrected chi connectivity index (χ3v) is 7.28. The van der Waals surface area contributed by atoms with E-state index in [1.165, 1.54) is 31.9 Å². The Morgan fingerprint density at radius 2 is 1.82 bits per heavy atom. The average Bonchev–Trinajstić information content (AvgIpc) is 3.05. The fourth-order valence-electron chi connectivity index (χ4n) is 5.58. The van der Waals surface area contributed by atoms with Crippen LogP contribution in [0.25, 0.3) is 28.2 Å². The fourth-order valence-corrected chi connectivity index (χ4v) is 5.58. The van der Waals surface area contributed by atoms with Crippen LogP contribution in [0.5, 0.6) is 0 Å². The lowest BCUT2D eigenvalue weighted by Gasteiger charge is -2.24. The summed E-state index contributed by atoms with van der Waals surface area (Å²) in [6, 6.07) is 12.0. The molecule has 0 unspecified atom stereocenters. The van der Waals surface area contributed by atoms with E-state index in [0.29, 0.717) is 17.1 Å². The predicted octanol–water partition coefficient (Wildman–Crippen LogP) is 5.69. The first-order valence-corrected chi connectivity index (χ1v) is 11.9. The molecular formula is C28H30N2O4. The van der Waals surface area contributed by atoms with E-state index in [-0.39, 0.29) is 6.54 Å². The van der Waals surface area contributed by atoms with Crippen molar-refractivity contribution in [2.75, 3.05) is 26.1 Å². The fraction of sp³-hybridized carbons (Fsp3) is 0.357. The Morgan fingerprint density at radius 1 is 1.06 bits per heavy atom. The number of rotatable bonds is 4. The van der Waals surface area contributed by atoms with Crippen LogP contribution in [0.2, 0.25) is 0 Å². The van der Waals surface area contributed by atoms with Gasteiger partial charge >= 0.3 is 11.9 Å². The molecule has 3 aromatic rings. The van der Waals surface area contributed by atoms with Crippen molar-refractivity contribution in [1.82, 2.24) is 4.57 Å². The summed E-state index contributed by atoms with van der Waals surface area (Å²) in [5.74, 6) is -0.918. The minimum absolute atomic E-state index is 0.241. The van der Waals surface area contributed by atoms with Gasteiger partial charge in [-0.3, -0.25) is 0 Å². The number of hydrogen-bond acceptors (Lipinski definition) is 4. The van der Waals surface area contributed by atoms with Crippen LogP contribution < -0.4 is 4.90 Å². The third-order valence-electron chi connectivity index (χ3n) is 7.28. The molecule has 2 aromatic carbocycles. The molecule has 2 heterocycles. The summed E-state index contributed by atoms with van der Waals surface area (Å²) in [5.41, 5.74) is 7.02. The Labute approximate surface area is 199 Å². The van der Waals surface area contributed by atoms with E-state index in [0.717, 1.165) is 46.3 Å². The second kappa shape index (κ2) is 8.67. The minimum atomic E-state index is -0.931. The highest BCUT2D eigenvalue weighted by atomic mass is 16.5. The van der Waals surface area contributed by atoms with Crippen LogP contribution in [0, 0.1) is 0 Å². The van der Waals surface area contributed by atoms with Crippen LogP contribution in [0.3, 0.4) is 0 Å². The molecule has 5 rings (SSSR count). The molecule has 6 nitrogen and oxygen atoms in total. The Kier molecular flexibility index (Phi) is 5.68. The van der Waals surface area contributed by atoms with Crippen molar-refractivity contribution >= 4 is 34.6 Å². The van der Waals surface area contributed by atoms with Gasteiger partial charge in [0.15, 0.2) is 0 Å². The van der Waals surface area contributed by atoms with Crippen LogP contribution in [-0.4, -0.2) is 42.8 Å². The Hall–Kier alpha value is -3.54. The van der Waals surface area contributed by atoms with Crippen LogP contribution in [0.1, 0.15) is 59.5 Å². The van der Waals surface area contributed by atoms with Crippen molar-refractivity contribution in [3.63, 3.8) is 0 Å². The van der Waals surface area contributed by atoms with Gasteiger partial charge in [0.25, 0.3) is 0 Å². The smallest absolute Gasteiger partial charge is 0.337 e. The van der Waals surface area contributed by atoms with Gasteiger partial charge in [0, 0.05) is 36.2 Å². The highest BCUT2D eigenvalue weighted by Crippen LogP contribution is 2.47. The monoisotopic (exact) mass is 458 g/mol. The molecule has 0 saturated heterocycles. The number of nitrogens with zero attached hydrogens (tertiary/aromatic N) is 2. The Bertz CT molecular complexity index is 1330. The summed E-state index contributed by atoms with van der Waals surface area (Å²) in [7, 11) is 5.35. The molecular weight excluding hydrogens is 428 g/mol. The summed E-state index contributed by atoms with van der Waals surface area (Å²) in [5, 5.41) is 11.1. The van der Waals surface area contributed by atoms with Gasteiger partial charge < -0.3 is 19.3 Å². The number of anilines is 1. The zero-order valence-corrected chi connectivity index (χ0v) is 19.9. The van der Waals surface area contributed by atoms with E-state index >= 15 is 0 Å². The van der Waals surface area contributed by atoms with Crippen molar-refractivity contribution in [2.45, 2.75) is 44.6 Å². The van der Waals surface area contributed by atoms with Gasteiger partial charge in [0.1, 0.15) is 0 Å². The van der Waals surface area contributed by atoms with Gasteiger partial charge in [0.2, 0.25) is 0 Å². The van der Waals surface area contributed by atoms with Crippen LogP contribution in [-0.2, 0) is 16.1 Å². The maximum Gasteiger partial charge on any atom is 0.337 e. The van der Waals surface area contributed by atoms with E-state index in [4.69, 9.17) is 4.74 Å². The lowest BCUT2D eigenvalue weighted by atomic mass is 9.81. The summed E-state index contributed by atoms with van der Waals surface area (Å²) < 4.78 is 7.07. The van der Waals surface area contributed by atoms with Crippen molar-refractivity contribution in [3.05, 3.63) is 58.7 Å². The molecule has 1 saturated carbocycles. The molecule has 0 spiro atoms. The number of methoxy groups -OCH3 is 1. The van der Waals surface area contributed by atoms with E-state index in [1.54, 1.807) is 6.08 Å². The minimum Gasteiger partial charge on any atom is -0.478 e. The van der Waals surface area contributed by atoms with E-state index in [1.807, 2.05) is 37.2 Å². The summed E-state index contributed by atoms with van der Waals surface area (Å²) in [6.07, 6.45) is 7.69. The number of carbonyl (C=O) groups is 2. The summed E-state index contributed by atoms with van der Waals surface area (Å²) >= 11 is 0. The summed E-state index contributed by atoms with van der Waals surface area (Å²) in [4.78, 5) is 26.6. The molecule has 176 valence electrons. The van der Waals surface area contributed by atoms with Crippen LogP contribution in [0.15, 0.2) is 42.0 Å². The number of hydrogen-bond donors (Lipinski definition) is 1. The van der Waals surface area contributed by atoms with Crippen molar-refractivity contribution in [1.29, 1.82) is 0 Å². The molecule has 0 amide bonds. The number of ether oxygens (including phenoxy) is 1. The number of carboxylic acid groups (broad SMARTS) is 1. The van der Waals surface area contributed by atoms with E-state index in [9.17, 15) is 14.7 Å². The normalized spacial score (nSPS) is 15.8. The maximum absolute atomic E-state index is 12.3. The molecule has 6 heteroatoms. The van der Waals surface area contributed by atoms with Crippen molar-refractivity contribution < 1.29 is 19.4 Å². The standard InChI is InChI=1S/C28H30N2O4/c1-29(2)21-10-12-22-19(14-21)13-20(27(31)32)16-30-24-15-18(28(33)34-3)9-11-23(24)25(26(22)30)17-7-5-4-6-8-17/h9-15,17H,4-8,16H2,1-3H3,(H,31,32). The summed E-state index contributed by atoms with van der Waals surface area (Å²) in [6.45, 7) is 0.241. The first-order valence-electron chi connectivity index (χ1n) is 11.9. The molecule has 0 radical (unpaired) electrons. The number of benzene rings is 2. The van der Waals surface area contributed by atoms with Crippen LogP contribution >= 0.6 is 0 Å². The average molecular weight is 459 g/mol. The first-order chi connectivity index (χ1) is 16.4. The van der Waals surface area contributed by atoms with Crippen molar-refractivity contribution in [3.8, 4) is 11.3 Å². The molecule has 1 aliphatic carbocycles. The quantitative estimate of drug-likeness (QED) is 0.509. The number of carbonyl (C=O) groups excluding carboxylic acids is 1. The topological polar surface area (TPSA) is 71.8 Å². The highest BCUT2D eigenvalue weighted by molar-refractivity contribution is 6.02. The number of aromatic nitrogens is 1. The molecule has 0 atom stereocenters. The molecule has 1 N–H and O–H groups in total.